The molecule has 2 aromatic rings. The van der Waals surface area contributed by atoms with Gasteiger partial charge in [-0.25, -0.2) is 9.97 Å². The maximum atomic E-state index is 4.10. The van der Waals surface area contributed by atoms with Gasteiger partial charge in [-0.3, -0.25) is 0 Å². The summed E-state index contributed by atoms with van der Waals surface area (Å²) in [6.07, 6.45) is 1.55. The van der Waals surface area contributed by atoms with Crippen LogP contribution in [0.1, 0.15) is 5.69 Å². The monoisotopic (exact) mass is 162 g/mol. The lowest BCUT2D eigenvalue weighted by molar-refractivity contribution is 1.18. The molecule has 0 aromatic carbocycles. The molecule has 0 aliphatic heterocycles. The van der Waals surface area contributed by atoms with E-state index in [9.17, 15) is 0 Å². The van der Waals surface area contributed by atoms with Crippen LogP contribution >= 0.6 is 0 Å². The van der Waals surface area contributed by atoms with Crippen LogP contribution in [0.15, 0.2) is 12.4 Å². The van der Waals surface area contributed by atoms with Gasteiger partial charge in [-0.15, -0.1) is 0 Å². The van der Waals surface area contributed by atoms with Crippen molar-refractivity contribution in [2.45, 2.75) is 6.92 Å². The SMILES string of the molecule is CNc1ncnc2[nH]c(C)cc12. The van der Waals surface area contributed by atoms with Crippen LogP contribution in [0.4, 0.5) is 5.82 Å². The number of rotatable bonds is 1. The molecule has 0 radical (unpaired) electrons. The van der Waals surface area contributed by atoms with E-state index in [-0.39, 0.29) is 0 Å². The number of hydrogen-bond acceptors (Lipinski definition) is 3. The van der Waals surface area contributed by atoms with E-state index in [0.717, 1.165) is 22.5 Å². The van der Waals surface area contributed by atoms with Gasteiger partial charge >= 0.3 is 0 Å². The van der Waals surface area contributed by atoms with Gasteiger partial charge < -0.3 is 10.3 Å². The number of fused-ring (bicyclic) bond motifs is 1. The number of nitrogens with zero attached hydrogens (tertiary/aromatic N) is 2. The van der Waals surface area contributed by atoms with Crippen LogP contribution in [0, 0.1) is 6.92 Å². The zero-order valence-electron chi connectivity index (χ0n) is 7.05. The molecule has 0 aliphatic carbocycles. The summed E-state index contributed by atoms with van der Waals surface area (Å²) in [4.78, 5) is 11.3. The molecule has 12 heavy (non-hydrogen) atoms. The van der Waals surface area contributed by atoms with E-state index in [1.54, 1.807) is 6.33 Å². The summed E-state index contributed by atoms with van der Waals surface area (Å²) in [6, 6.07) is 2.03. The van der Waals surface area contributed by atoms with Gasteiger partial charge in [0.1, 0.15) is 17.8 Å². The number of hydrogen-bond donors (Lipinski definition) is 2. The molecule has 62 valence electrons. The quantitative estimate of drug-likeness (QED) is 0.664. The van der Waals surface area contributed by atoms with Crippen LogP contribution < -0.4 is 5.32 Å². The molecule has 4 heteroatoms. The minimum atomic E-state index is 0.865. The molecule has 0 spiro atoms. The van der Waals surface area contributed by atoms with E-state index < -0.39 is 0 Å². The second kappa shape index (κ2) is 2.48. The molecule has 2 heterocycles. The summed E-state index contributed by atoms with van der Waals surface area (Å²) in [7, 11) is 1.85. The fraction of sp³-hybridized carbons (Fsp3) is 0.250. The van der Waals surface area contributed by atoms with E-state index in [0.29, 0.717) is 0 Å². The van der Waals surface area contributed by atoms with Crippen LogP contribution in [-0.2, 0) is 0 Å². The highest BCUT2D eigenvalue weighted by molar-refractivity contribution is 5.87. The molecule has 0 bridgehead atoms. The fourth-order valence-electron chi connectivity index (χ4n) is 1.27. The molecular formula is C8H10N4. The van der Waals surface area contributed by atoms with Crippen molar-refractivity contribution < 1.29 is 0 Å². The zero-order chi connectivity index (χ0) is 8.55. The highest BCUT2D eigenvalue weighted by atomic mass is 15.0. The minimum absolute atomic E-state index is 0.865. The summed E-state index contributed by atoms with van der Waals surface area (Å²) >= 11 is 0. The van der Waals surface area contributed by atoms with Gasteiger partial charge in [0.05, 0.1) is 5.39 Å². The Balaban J connectivity index is 2.78. The van der Waals surface area contributed by atoms with Crippen molar-refractivity contribution in [2.24, 2.45) is 0 Å². The minimum Gasteiger partial charge on any atom is -0.372 e. The predicted octanol–water partition coefficient (Wildman–Crippen LogP) is 1.31. The highest BCUT2D eigenvalue weighted by Crippen LogP contribution is 2.18. The summed E-state index contributed by atoms with van der Waals surface area (Å²) < 4.78 is 0. The van der Waals surface area contributed by atoms with Gasteiger partial charge in [0.2, 0.25) is 0 Å². The lowest BCUT2D eigenvalue weighted by Crippen LogP contribution is -1.92. The summed E-state index contributed by atoms with van der Waals surface area (Å²) in [5, 5.41) is 4.05. The summed E-state index contributed by atoms with van der Waals surface area (Å²) in [5.41, 5.74) is 1.98. The van der Waals surface area contributed by atoms with Crippen molar-refractivity contribution in [3.05, 3.63) is 18.1 Å². The van der Waals surface area contributed by atoms with E-state index in [4.69, 9.17) is 0 Å². The molecule has 0 fully saturated rings. The lowest BCUT2D eigenvalue weighted by Gasteiger charge is -1.97. The number of aryl methyl sites for hydroxylation is 1. The molecular weight excluding hydrogens is 152 g/mol. The maximum Gasteiger partial charge on any atom is 0.143 e. The second-order valence-electron chi connectivity index (χ2n) is 2.69. The fourth-order valence-corrected chi connectivity index (χ4v) is 1.27. The first-order valence-corrected chi connectivity index (χ1v) is 3.79. The van der Waals surface area contributed by atoms with Crippen LogP contribution in [0.2, 0.25) is 0 Å². The first-order chi connectivity index (χ1) is 5.81. The van der Waals surface area contributed by atoms with E-state index in [2.05, 4.69) is 20.3 Å². The van der Waals surface area contributed by atoms with Gasteiger partial charge in [-0.1, -0.05) is 0 Å². The van der Waals surface area contributed by atoms with Gasteiger partial charge in [0, 0.05) is 12.7 Å². The molecule has 0 saturated carbocycles. The summed E-state index contributed by atoms with van der Waals surface area (Å²) in [5.74, 6) is 0.865. The van der Waals surface area contributed by atoms with Crippen molar-refractivity contribution >= 4 is 16.9 Å². The topological polar surface area (TPSA) is 53.6 Å². The number of aromatic amines is 1. The predicted molar refractivity (Wildman–Crippen MR) is 48.2 cm³/mol. The number of nitrogens with one attached hydrogen (secondary N) is 2. The average Bonchev–Trinajstić information content (AvgIpc) is 2.44. The van der Waals surface area contributed by atoms with Crippen molar-refractivity contribution in [1.29, 1.82) is 0 Å². The first-order valence-electron chi connectivity index (χ1n) is 3.79. The van der Waals surface area contributed by atoms with Crippen molar-refractivity contribution in [3.8, 4) is 0 Å². The zero-order valence-corrected chi connectivity index (χ0v) is 7.05. The molecule has 0 amide bonds. The van der Waals surface area contributed by atoms with Crippen molar-refractivity contribution in [2.75, 3.05) is 12.4 Å². The Kier molecular flexibility index (Phi) is 1.46. The Morgan fingerprint density at radius 1 is 1.42 bits per heavy atom. The van der Waals surface area contributed by atoms with Gasteiger partial charge in [-0.2, -0.15) is 0 Å². The van der Waals surface area contributed by atoms with Crippen molar-refractivity contribution in [1.82, 2.24) is 15.0 Å². The van der Waals surface area contributed by atoms with E-state index >= 15 is 0 Å². The number of aromatic nitrogens is 3. The number of H-pyrrole nitrogens is 1. The van der Waals surface area contributed by atoms with Gasteiger partial charge in [0.15, 0.2) is 0 Å². The Morgan fingerprint density at radius 3 is 3.00 bits per heavy atom. The molecule has 2 rings (SSSR count). The van der Waals surface area contributed by atoms with E-state index in [1.807, 2.05) is 20.0 Å². The normalized spacial score (nSPS) is 10.5. The van der Waals surface area contributed by atoms with Crippen LogP contribution in [-0.4, -0.2) is 22.0 Å². The lowest BCUT2D eigenvalue weighted by atomic mass is 10.3. The molecule has 2 aromatic heterocycles. The molecule has 0 saturated heterocycles. The first kappa shape index (κ1) is 7.09. The average molecular weight is 162 g/mol. The van der Waals surface area contributed by atoms with Gasteiger partial charge in [-0.05, 0) is 13.0 Å². The molecule has 2 N–H and O–H groups in total. The van der Waals surface area contributed by atoms with E-state index in [1.165, 1.54) is 0 Å². The molecule has 0 unspecified atom stereocenters. The second-order valence-corrected chi connectivity index (χ2v) is 2.69. The maximum absolute atomic E-state index is 4.10. The van der Waals surface area contributed by atoms with Crippen LogP contribution in [0.5, 0.6) is 0 Å². The van der Waals surface area contributed by atoms with Crippen LogP contribution in [0.3, 0.4) is 0 Å². The third-order valence-electron chi connectivity index (χ3n) is 1.80. The summed E-state index contributed by atoms with van der Waals surface area (Å²) in [6.45, 7) is 2.00. The third kappa shape index (κ3) is 0.922. The molecule has 0 atom stereocenters. The highest BCUT2D eigenvalue weighted by Gasteiger charge is 2.03. The third-order valence-corrected chi connectivity index (χ3v) is 1.80. The number of anilines is 1. The van der Waals surface area contributed by atoms with Gasteiger partial charge in [0.25, 0.3) is 0 Å². The molecule has 4 nitrogen and oxygen atoms in total. The Morgan fingerprint density at radius 2 is 2.25 bits per heavy atom. The van der Waals surface area contributed by atoms with Crippen molar-refractivity contribution in [3.63, 3.8) is 0 Å². The Bertz CT molecular complexity index is 404. The standard InChI is InChI=1S/C8H10N4/c1-5-3-6-7(9-2)10-4-11-8(6)12-5/h3-4H,1-2H3,(H2,9,10,11,12). The molecule has 0 aliphatic rings. The van der Waals surface area contributed by atoms with Crippen LogP contribution in [0.25, 0.3) is 11.0 Å². The smallest absolute Gasteiger partial charge is 0.143 e. The Hall–Kier alpha value is -1.58. The Labute approximate surface area is 70.0 Å². The largest absolute Gasteiger partial charge is 0.372 e.